The number of ether oxygens (including phenoxy) is 1. The summed E-state index contributed by atoms with van der Waals surface area (Å²) in [5.74, 6) is -4.08. The summed E-state index contributed by atoms with van der Waals surface area (Å²) in [6.45, 7) is 2.73. The first-order valence-corrected chi connectivity index (χ1v) is 11.1. The Hall–Kier alpha value is -3.20. The van der Waals surface area contributed by atoms with Gasteiger partial charge < -0.3 is 4.74 Å². The molecular weight excluding hydrogens is 450 g/mol. The van der Waals surface area contributed by atoms with Crippen LogP contribution in [0.5, 0.6) is 0 Å². The first kappa shape index (κ1) is 23.0. The third-order valence-corrected chi connectivity index (χ3v) is 6.67. The van der Waals surface area contributed by atoms with Gasteiger partial charge in [-0.1, -0.05) is 37.6 Å². The Kier molecular flexibility index (Phi) is 6.25. The van der Waals surface area contributed by atoms with Crippen LogP contribution in [0.2, 0.25) is 5.02 Å². The predicted octanol–water partition coefficient (Wildman–Crippen LogP) is 1.48. The molecule has 174 valence electrons. The molecule has 0 radical (unpaired) electrons. The molecule has 1 aromatic rings. The molecule has 1 saturated carbocycles. The normalized spacial score (nSPS) is 25.9. The highest BCUT2D eigenvalue weighted by Crippen LogP contribution is 2.53. The zero-order valence-electron chi connectivity index (χ0n) is 18.1. The number of likely N-dealkylation sites (tertiary alicyclic amines) is 1. The number of esters is 1. The van der Waals surface area contributed by atoms with Gasteiger partial charge in [0.05, 0.1) is 11.8 Å². The van der Waals surface area contributed by atoms with Gasteiger partial charge in [-0.15, -0.1) is 0 Å². The van der Waals surface area contributed by atoms with E-state index in [0.29, 0.717) is 5.02 Å². The third-order valence-electron chi connectivity index (χ3n) is 6.42. The highest BCUT2D eigenvalue weighted by molar-refractivity contribution is 6.30. The maximum atomic E-state index is 13.0. The van der Waals surface area contributed by atoms with Crippen LogP contribution in [-0.4, -0.2) is 47.1 Å². The van der Waals surface area contributed by atoms with Crippen molar-refractivity contribution in [3.8, 4) is 0 Å². The molecule has 4 amide bonds. The first-order chi connectivity index (χ1) is 15.7. The SMILES string of the molecule is CC(C)[C@H](C(=O)OCC(=O)NNC(=O)c1ccc(Cl)cc1)N1C(=O)[C@@H]2[C@@H](C1=O)[C@H]1C=C[C@H]2C1. The van der Waals surface area contributed by atoms with Gasteiger partial charge in [0.25, 0.3) is 11.8 Å². The summed E-state index contributed by atoms with van der Waals surface area (Å²) in [7, 11) is 0. The molecule has 1 aliphatic heterocycles. The second kappa shape index (κ2) is 8.97. The lowest BCUT2D eigenvalue weighted by Gasteiger charge is -2.28. The number of carbonyl (C=O) groups is 5. The quantitative estimate of drug-likeness (QED) is 0.279. The van der Waals surface area contributed by atoms with Crippen LogP contribution in [-0.2, 0) is 23.9 Å². The van der Waals surface area contributed by atoms with E-state index < -0.39 is 48.2 Å². The summed E-state index contributed by atoms with van der Waals surface area (Å²) in [5.41, 5.74) is 4.64. The topological polar surface area (TPSA) is 122 Å². The highest BCUT2D eigenvalue weighted by atomic mass is 35.5. The maximum absolute atomic E-state index is 13.0. The van der Waals surface area contributed by atoms with Crippen molar-refractivity contribution in [3.63, 3.8) is 0 Å². The van der Waals surface area contributed by atoms with Crippen LogP contribution in [0.4, 0.5) is 0 Å². The number of imide groups is 1. The van der Waals surface area contributed by atoms with Crippen molar-refractivity contribution in [2.24, 2.45) is 29.6 Å². The lowest BCUT2D eigenvalue weighted by molar-refractivity contribution is -0.162. The number of rotatable bonds is 6. The molecule has 2 N–H and O–H groups in total. The van der Waals surface area contributed by atoms with Crippen LogP contribution in [0.15, 0.2) is 36.4 Å². The van der Waals surface area contributed by atoms with Gasteiger partial charge in [-0.25, -0.2) is 4.79 Å². The third kappa shape index (κ3) is 4.25. The molecule has 0 aromatic heterocycles. The van der Waals surface area contributed by atoms with Crippen molar-refractivity contribution >= 4 is 41.2 Å². The van der Waals surface area contributed by atoms with E-state index in [1.54, 1.807) is 13.8 Å². The monoisotopic (exact) mass is 473 g/mol. The minimum atomic E-state index is -1.12. The van der Waals surface area contributed by atoms with Crippen LogP contribution in [0.1, 0.15) is 30.6 Å². The number of hydrogen-bond donors (Lipinski definition) is 2. The van der Waals surface area contributed by atoms with Gasteiger partial charge in [0.2, 0.25) is 11.8 Å². The Morgan fingerprint density at radius 3 is 2.15 bits per heavy atom. The summed E-state index contributed by atoms with van der Waals surface area (Å²) in [4.78, 5) is 64.0. The number of hydrogen-bond acceptors (Lipinski definition) is 6. The van der Waals surface area contributed by atoms with E-state index in [2.05, 4.69) is 10.9 Å². The minimum Gasteiger partial charge on any atom is -0.454 e. The minimum absolute atomic E-state index is 0.0281. The van der Waals surface area contributed by atoms with Crippen LogP contribution >= 0.6 is 11.6 Å². The Balaban J connectivity index is 1.33. The molecule has 1 aromatic carbocycles. The summed E-state index contributed by atoms with van der Waals surface area (Å²) < 4.78 is 5.10. The van der Waals surface area contributed by atoms with Crippen molar-refractivity contribution < 1.29 is 28.7 Å². The van der Waals surface area contributed by atoms with Crippen molar-refractivity contribution in [2.45, 2.75) is 26.3 Å². The average molecular weight is 474 g/mol. The molecule has 2 aliphatic carbocycles. The Bertz CT molecular complexity index is 1010. The standard InChI is InChI=1S/C23H24ClN3O6/c1-11(2)19(27-21(30)17-13-3-4-14(9-13)18(17)22(27)31)23(32)33-10-16(28)25-26-20(29)12-5-7-15(24)8-6-12/h3-8,11,13-14,17-19H,9-10H2,1-2H3,(H,25,28)(H,26,29)/t13-,14-,17-,18-,19+/m0/s1. The molecule has 33 heavy (non-hydrogen) atoms. The summed E-state index contributed by atoms with van der Waals surface area (Å²) in [6, 6.07) is 4.91. The smallest absolute Gasteiger partial charge is 0.330 e. The zero-order valence-corrected chi connectivity index (χ0v) is 18.9. The number of fused-ring (bicyclic) bond motifs is 5. The molecule has 2 bridgehead atoms. The summed E-state index contributed by atoms with van der Waals surface area (Å²) >= 11 is 5.77. The van der Waals surface area contributed by atoms with E-state index in [4.69, 9.17) is 16.3 Å². The fourth-order valence-electron chi connectivity index (χ4n) is 4.93. The van der Waals surface area contributed by atoms with E-state index >= 15 is 0 Å². The largest absolute Gasteiger partial charge is 0.454 e. The Morgan fingerprint density at radius 1 is 1.03 bits per heavy atom. The number of allylic oxidation sites excluding steroid dienone is 2. The summed E-state index contributed by atoms with van der Waals surface area (Å²) in [5, 5.41) is 0.463. The van der Waals surface area contributed by atoms with Gasteiger partial charge in [-0.05, 0) is 48.4 Å². The van der Waals surface area contributed by atoms with Gasteiger partial charge >= 0.3 is 5.97 Å². The molecule has 0 unspecified atom stereocenters. The van der Waals surface area contributed by atoms with E-state index in [1.807, 2.05) is 12.2 Å². The number of benzene rings is 1. The molecule has 2 fully saturated rings. The molecule has 1 saturated heterocycles. The zero-order chi connectivity index (χ0) is 23.9. The van der Waals surface area contributed by atoms with Gasteiger partial charge in [0.15, 0.2) is 6.61 Å². The molecule has 4 rings (SSSR count). The van der Waals surface area contributed by atoms with Crippen LogP contribution in [0.3, 0.4) is 0 Å². The number of nitrogens with zero attached hydrogens (tertiary/aromatic N) is 1. The molecule has 0 spiro atoms. The van der Waals surface area contributed by atoms with E-state index in [-0.39, 0.29) is 29.2 Å². The summed E-state index contributed by atoms with van der Waals surface area (Å²) in [6.07, 6.45) is 4.75. The predicted molar refractivity (Wildman–Crippen MR) is 116 cm³/mol. The number of hydrazine groups is 1. The van der Waals surface area contributed by atoms with Crippen molar-refractivity contribution in [2.75, 3.05) is 6.61 Å². The van der Waals surface area contributed by atoms with Gasteiger partial charge in [0.1, 0.15) is 6.04 Å². The molecular formula is C23H24ClN3O6. The molecule has 9 nitrogen and oxygen atoms in total. The molecule has 3 aliphatic rings. The van der Waals surface area contributed by atoms with E-state index in [0.717, 1.165) is 11.3 Å². The second-order valence-corrected chi connectivity index (χ2v) is 9.29. The van der Waals surface area contributed by atoms with Crippen molar-refractivity contribution in [1.29, 1.82) is 0 Å². The number of carbonyl (C=O) groups excluding carboxylic acids is 5. The van der Waals surface area contributed by atoms with Crippen LogP contribution in [0.25, 0.3) is 0 Å². The second-order valence-electron chi connectivity index (χ2n) is 8.85. The van der Waals surface area contributed by atoms with Gasteiger partial charge in [0, 0.05) is 10.6 Å². The molecule has 1 heterocycles. The Morgan fingerprint density at radius 2 is 1.61 bits per heavy atom. The number of amides is 4. The molecule has 5 atom stereocenters. The fourth-order valence-corrected chi connectivity index (χ4v) is 5.06. The van der Waals surface area contributed by atoms with Crippen molar-refractivity contribution in [3.05, 3.63) is 47.0 Å². The number of halogens is 1. The van der Waals surface area contributed by atoms with Crippen molar-refractivity contribution in [1.82, 2.24) is 15.8 Å². The van der Waals surface area contributed by atoms with Crippen LogP contribution < -0.4 is 10.9 Å². The van der Waals surface area contributed by atoms with Crippen LogP contribution in [0, 0.1) is 29.6 Å². The lowest BCUT2D eigenvalue weighted by atomic mass is 9.85. The van der Waals surface area contributed by atoms with E-state index in [1.165, 1.54) is 24.3 Å². The Labute approximate surface area is 195 Å². The maximum Gasteiger partial charge on any atom is 0.330 e. The van der Waals surface area contributed by atoms with Gasteiger partial charge in [-0.2, -0.15) is 0 Å². The van der Waals surface area contributed by atoms with Gasteiger partial charge in [-0.3, -0.25) is 34.9 Å². The lowest BCUT2D eigenvalue weighted by Crippen LogP contribution is -2.50. The highest BCUT2D eigenvalue weighted by Gasteiger charge is 2.61. The number of nitrogens with one attached hydrogen (secondary N) is 2. The fraction of sp³-hybridized carbons (Fsp3) is 0.435. The van der Waals surface area contributed by atoms with E-state index in [9.17, 15) is 24.0 Å². The average Bonchev–Trinajstić information content (AvgIpc) is 3.46. The first-order valence-electron chi connectivity index (χ1n) is 10.8. The molecule has 10 heteroatoms.